The molecule has 0 spiro atoms. The molecule has 0 radical (unpaired) electrons. The Balaban J connectivity index is 1.58. The van der Waals surface area contributed by atoms with Crippen molar-refractivity contribution < 1.29 is 19.4 Å². The summed E-state index contributed by atoms with van der Waals surface area (Å²) in [5.74, 6) is -1.09. The highest BCUT2D eigenvalue weighted by atomic mass is 16.5. The highest BCUT2D eigenvalue weighted by Crippen LogP contribution is 2.45. The van der Waals surface area contributed by atoms with Crippen molar-refractivity contribution in [3.8, 4) is 0 Å². The van der Waals surface area contributed by atoms with Crippen molar-refractivity contribution in [1.82, 2.24) is 5.32 Å². The smallest absolute Gasteiger partial charge is 0.311 e. The molecule has 0 saturated heterocycles. The number of amides is 1. The van der Waals surface area contributed by atoms with E-state index in [9.17, 15) is 9.59 Å². The second kappa shape index (κ2) is 6.52. The summed E-state index contributed by atoms with van der Waals surface area (Å²) in [5.41, 5.74) is 0.440. The Morgan fingerprint density at radius 3 is 2.55 bits per heavy atom. The first kappa shape index (κ1) is 14.5. The molecule has 1 aromatic carbocycles. The van der Waals surface area contributed by atoms with Crippen molar-refractivity contribution in [1.29, 1.82) is 0 Å². The molecule has 0 aliphatic heterocycles. The van der Waals surface area contributed by atoms with Crippen molar-refractivity contribution in [2.75, 3.05) is 19.8 Å². The standard InChI is InChI=1S/C15H19NO4/c17-13(16-11-15(7-8-15)14(18)19)10-20-9-6-12-4-2-1-3-5-12/h1-5H,6-11H2,(H,16,17)(H,18,19). The SMILES string of the molecule is O=C(COCCc1ccccc1)NCC1(C(=O)O)CC1. The lowest BCUT2D eigenvalue weighted by atomic mass is 10.1. The molecule has 0 bridgehead atoms. The van der Waals surface area contributed by atoms with Crippen molar-refractivity contribution >= 4 is 11.9 Å². The Bertz CT molecular complexity index is 468. The average molecular weight is 277 g/mol. The summed E-state index contributed by atoms with van der Waals surface area (Å²) in [5, 5.41) is 11.6. The zero-order valence-electron chi connectivity index (χ0n) is 11.3. The van der Waals surface area contributed by atoms with Gasteiger partial charge in [0.05, 0.1) is 12.0 Å². The molecule has 2 N–H and O–H groups in total. The van der Waals surface area contributed by atoms with Crippen LogP contribution >= 0.6 is 0 Å². The van der Waals surface area contributed by atoms with Crippen LogP contribution in [0.3, 0.4) is 0 Å². The van der Waals surface area contributed by atoms with Crippen molar-refractivity contribution in [3.63, 3.8) is 0 Å². The minimum absolute atomic E-state index is 0.0253. The van der Waals surface area contributed by atoms with Crippen LogP contribution in [-0.2, 0) is 20.7 Å². The molecule has 1 aliphatic rings. The van der Waals surface area contributed by atoms with Crippen LogP contribution in [0.15, 0.2) is 30.3 Å². The first-order valence-corrected chi connectivity index (χ1v) is 6.74. The molecule has 0 atom stereocenters. The molecule has 1 saturated carbocycles. The van der Waals surface area contributed by atoms with Crippen molar-refractivity contribution in [3.05, 3.63) is 35.9 Å². The molecule has 1 amide bonds. The monoisotopic (exact) mass is 277 g/mol. The summed E-state index contributed by atoms with van der Waals surface area (Å²) in [7, 11) is 0. The molecule has 0 unspecified atom stereocenters. The maximum absolute atomic E-state index is 11.5. The van der Waals surface area contributed by atoms with Gasteiger partial charge in [0.25, 0.3) is 0 Å². The number of carboxylic acids is 1. The van der Waals surface area contributed by atoms with Gasteiger partial charge in [-0.25, -0.2) is 0 Å². The predicted molar refractivity (Wildman–Crippen MR) is 73.3 cm³/mol. The molecule has 5 nitrogen and oxygen atoms in total. The predicted octanol–water partition coefficient (Wildman–Crippen LogP) is 1.23. The van der Waals surface area contributed by atoms with E-state index < -0.39 is 11.4 Å². The lowest BCUT2D eigenvalue weighted by molar-refractivity contribution is -0.143. The Labute approximate surface area is 117 Å². The van der Waals surface area contributed by atoms with Gasteiger partial charge in [-0.3, -0.25) is 9.59 Å². The number of nitrogens with one attached hydrogen (secondary N) is 1. The topological polar surface area (TPSA) is 75.6 Å². The zero-order chi connectivity index (χ0) is 14.4. The molecule has 20 heavy (non-hydrogen) atoms. The van der Waals surface area contributed by atoms with Crippen LogP contribution in [0.4, 0.5) is 0 Å². The van der Waals surface area contributed by atoms with Gasteiger partial charge < -0.3 is 15.2 Å². The summed E-state index contributed by atoms with van der Waals surface area (Å²) in [6, 6.07) is 9.89. The van der Waals surface area contributed by atoms with E-state index in [2.05, 4.69) is 5.32 Å². The second-order valence-corrected chi connectivity index (χ2v) is 5.15. The summed E-state index contributed by atoms with van der Waals surface area (Å²) >= 11 is 0. The molecule has 1 aliphatic carbocycles. The fraction of sp³-hybridized carbons (Fsp3) is 0.467. The Kier molecular flexibility index (Phi) is 4.74. The Morgan fingerprint density at radius 2 is 1.95 bits per heavy atom. The van der Waals surface area contributed by atoms with Gasteiger partial charge in [-0.05, 0) is 24.8 Å². The summed E-state index contributed by atoms with van der Waals surface area (Å²) in [4.78, 5) is 22.5. The van der Waals surface area contributed by atoms with Gasteiger partial charge in [0.2, 0.25) is 5.91 Å². The second-order valence-electron chi connectivity index (χ2n) is 5.15. The minimum Gasteiger partial charge on any atom is -0.481 e. The van der Waals surface area contributed by atoms with Gasteiger partial charge in [-0.2, -0.15) is 0 Å². The van der Waals surface area contributed by atoms with Crippen LogP contribution in [-0.4, -0.2) is 36.7 Å². The number of benzene rings is 1. The molecule has 0 aromatic heterocycles. The molecule has 0 heterocycles. The van der Waals surface area contributed by atoms with Gasteiger partial charge in [0.1, 0.15) is 6.61 Å². The third kappa shape index (κ3) is 4.06. The summed E-state index contributed by atoms with van der Waals surface area (Å²) in [6.45, 7) is 0.646. The number of ether oxygens (including phenoxy) is 1. The number of hydrogen-bond acceptors (Lipinski definition) is 3. The Hall–Kier alpha value is -1.88. The first-order valence-electron chi connectivity index (χ1n) is 6.74. The lowest BCUT2D eigenvalue weighted by Crippen LogP contribution is -2.36. The van der Waals surface area contributed by atoms with E-state index in [-0.39, 0.29) is 19.1 Å². The third-order valence-electron chi connectivity index (χ3n) is 3.54. The largest absolute Gasteiger partial charge is 0.481 e. The molecule has 108 valence electrons. The molecule has 1 aromatic rings. The molecule has 2 rings (SSSR count). The number of carboxylic acid groups (broad SMARTS) is 1. The van der Waals surface area contributed by atoms with E-state index in [1.807, 2.05) is 30.3 Å². The minimum atomic E-state index is -0.831. The van der Waals surface area contributed by atoms with Crippen LogP contribution in [0, 0.1) is 5.41 Å². The Morgan fingerprint density at radius 1 is 1.25 bits per heavy atom. The quantitative estimate of drug-likeness (QED) is 0.701. The van der Waals surface area contributed by atoms with Gasteiger partial charge in [0.15, 0.2) is 0 Å². The van der Waals surface area contributed by atoms with Gasteiger partial charge >= 0.3 is 5.97 Å². The highest BCUT2D eigenvalue weighted by Gasteiger charge is 2.50. The van der Waals surface area contributed by atoms with Crippen LogP contribution in [0.5, 0.6) is 0 Å². The zero-order valence-corrected chi connectivity index (χ0v) is 11.3. The fourth-order valence-corrected chi connectivity index (χ4v) is 1.94. The molecular weight excluding hydrogens is 258 g/mol. The van der Waals surface area contributed by atoms with Crippen LogP contribution < -0.4 is 5.32 Å². The third-order valence-corrected chi connectivity index (χ3v) is 3.54. The highest BCUT2D eigenvalue weighted by molar-refractivity contribution is 5.81. The number of hydrogen-bond donors (Lipinski definition) is 2. The van der Waals surface area contributed by atoms with Gasteiger partial charge in [-0.15, -0.1) is 0 Å². The molecular formula is C15H19NO4. The van der Waals surface area contributed by atoms with E-state index in [1.165, 1.54) is 0 Å². The van der Waals surface area contributed by atoms with Crippen LogP contribution in [0.25, 0.3) is 0 Å². The van der Waals surface area contributed by atoms with Crippen LogP contribution in [0.2, 0.25) is 0 Å². The first-order chi connectivity index (χ1) is 9.62. The fourth-order valence-electron chi connectivity index (χ4n) is 1.94. The van der Waals surface area contributed by atoms with E-state index in [4.69, 9.17) is 9.84 Å². The number of aliphatic carboxylic acids is 1. The van der Waals surface area contributed by atoms with E-state index in [0.717, 1.165) is 12.0 Å². The van der Waals surface area contributed by atoms with Gasteiger partial charge in [0, 0.05) is 6.54 Å². The lowest BCUT2D eigenvalue weighted by Gasteiger charge is -2.11. The maximum atomic E-state index is 11.5. The molecule has 1 fully saturated rings. The van der Waals surface area contributed by atoms with E-state index in [0.29, 0.717) is 19.4 Å². The van der Waals surface area contributed by atoms with E-state index in [1.54, 1.807) is 0 Å². The number of carbonyl (C=O) groups excluding carboxylic acids is 1. The maximum Gasteiger partial charge on any atom is 0.311 e. The van der Waals surface area contributed by atoms with E-state index >= 15 is 0 Å². The van der Waals surface area contributed by atoms with Gasteiger partial charge in [-0.1, -0.05) is 30.3 Å². The number of rotatable bonds is 8. The van der Waals surface area contributed by atoms with Crippen molar-refractivity contribution in [2.24, 2.45) is 5.41 Å². The molecule has 5 heteroatoms. The summed E-state index contributed by atoms with van der Waals surface area (Å²) in [6.07, 6.45) is 2.03. The number of carbonyl (C=O) groups is 2. The average Bonchev–Trinajstić information content (AvgIpc) is 3.24. The summed E-state index contributed by atoms with van der Waals surface area (Å²) < 4.78 is 5.29. The van der Waals surface area contributed by atoms with Crippen LogP contribution in [0.1, 0.15) is 18.4 Å². The normalized spacial score (nSPS) is 15.6. The van der Waals surface area contributed by atoms with Crippen molar-refractivity contribution in [2.45, 2.75) is 19.3 Å².